The molecule has 1 unspecified atom stereocenters. The summed E-state index contributed by atoms with van der Waals surface area (Å²) in [6, 6.07) is 11.6. The first kappa shape index (κ1) is 22.6. The first-order chi connectivity index (χ1) is 16.5. The molecule has 0 spiro atoms. The third kappa shape index (κ3) is 3.98. The largest absolute Gasteiger partial charge is 0.871 e. The Morgan fingerprint density at radius 3 is 2.65 bits per heavy atom. The summed E-state index contributed by atoms with van der Waals surface area (Å²) in [5.74, 6) is -1.88. The number of pyridine rings is 1. The molecule has 1 aromatic carbocycles. The Labute approximate surface area is 202 Å². The number of carbonyl (C=O) groups excluding carboxylic acids is 2. The Balaban J connectivity index is 1.60. The van der Waals surface area contributed by atoms with E-state index in [1.165, 1.54) is 9.80 Å². The Morgan fingerprint density at radius 1 is 1.18 bits per heavy atom. The van der Waals surface area contributed by atoms with Gasteiger partial charge in [-0.3, -0.25) is 9.59 Å². The van der Waals surface area contributed by atoms with Crippen molar-refractivity contribution in [1.82, 2.24) is 14.3 Å². The van der Waals surface area contributed by atoms with Crippen LogP contribution in [0.1, 0.15) is 23.0 Å². The molecule has 9 heteroatoms. The number of nitrogens with one attached hydrogen (secondary N) is 1. The van der Waals surface area contributed by atoms with Crippen molar-refractivity contribution in [3.05, 3.63) is 76.2 Å². The van der Waals surface area contributed by atoms with Crippen molar-refractivity contribution < 1.29 is 24.3 Å². The lowest BCUT2D eigenvalue weighted by Crippen LogP contribution is -3.14. The molecule has 0 bridgehead atoms. The lowest BCUT2D eigenvalue weighted by atomic mass is 9.96. The predicted molar refractivity (Wildman–Crippen MR) is 124 cm³/mol. The van der Waals surface area contributed by atoms with E-state index in [-0.39, 0.29) is 5.57 Å². The number of ether oxygens (including phenoxy) is 1. The van der Waals surface area contributed by atoms with Crippen molar-refractivity contribution in [2.24, 2.45) is 0 Å². The summed E-state index contributed by atoms with van der Waals surface area (Å²) < 4.78 is 7.09. The normalized spacial score (nSPS) is 21.0. The number of Topliss-reactive ketones (excluding diaryl/α,β-unsaturated/α-hetero) is 1. The van der Waals surface area contributed by atoms with Gasteiger partial charge in [0.15, 0.2) is 0 Å². The number of carbonyl (C=O) groups is 2. The number of morpholine rings is 1. The highest BCUT2D eigenvalue weighted by molar-refractivity contribution is 6.46. The maximum absolute atomic E-state index is 13.9. The standard InChI is InChI=1S/C25H25ClN4O4/c1-16-21(29-9-3-2-4-19(29)27-16)23(31)20-22(17-5-7-18(26)8-6-17)30(25(33)24(20)32)11-10-28-12-14-34-15-13-28/h2-9,22,31H,10-15H2,1H3/b23-20+. The zero-order chi connectivity index (χ0) is 23.8. The van der Waals surface area contributed by atoms with Crippen molar-refractivity contribution >= 4 is 34.7 Å². The third-order valence-electron chi connectivity index (χ3n) is 6.54. The first-order valence-corrected chi connectivity index (χ1v) is 11.7. The van der Waals surface area contributed by atoms with E-state index in [0.29, 0.717) is 53.9 Å². The van der Waals surface area contributed by atoms with E-state index in [1.807, 2.05) is 6.07 Å². The Bertz CT molecular complexity index is 1280. The zero-order valence-corrected chi connectivity index (χ0v) is 19.5. The van der Waals surface area contributed by atoms with Gasteiger partial charge in [0, 0.05) is 16.8 Å². The van der Waals surface area contributed by atoms with Crippen LogP contribution in [0.4, 0.5) is 0 Å². The van der Waals surface area contributed by atoms with E-state index >= 15 is 0 Å². The van der Waals surface area contributed by atoms with Crippen molar-refractivity contribution in [2.75, 3.05) is 39.4 Å². The van der Waals surface area contributed by atoms with Gasteiger partial charge in [0.05, 0.1) is 43.7 Å². The van der Waals surface area contributed by atoms with Crippen molar-refractivity contribution in [3.8, 4) is 0 Å². The number of hydrogen-bond acceptors (Lipinski definition) is 5. The molecule has 2 saturated heterocycles. The van der Waals surface area contributed by atoms with Gasteiger partial charge in [0.2, 0.25) is 5.78 Å². The molecule has 2 aliphatic heterocycles. The van der Waals surface area contributed by atoms with Crippen LogP contribution in [0.15, 0.2) is 54.2 Å². The maximum Gasteiger partial charge on any atom is 0.295 e. The summed E-state index contributed by atoms with van der Waals surface area (Å²) in [5.41, 5.74) is 2.05. The highest BCUT2D eigenvalue weighted by Crippen LogP contribution is 2.39. The smallest absolute Gasteiger partial charge is 0.295 e. The minimum absolute atomic E-state index is 0.0435. The molecule has 1 amide bonds. The molecule has 3 aromatic rings. The summed E-state index contributed by atoms with van der Waals surface area (Å²) in [7, 11) is 0. The molecule has 0 aliphatic carbocycles. The van der Waals surface area contributed by atoms with Gasteiger partial charge in [-0.1, -0.05) is 35.6 Å². The number of quaternary nitrogens is 1. The predicted octanol–water partition coefficient (Wildman–Crippen LogP) is 0.435. The van der Waals surface area contributed by atoms with Crippen molar-refractivity contribution in [2.45, 2.75) is 13.0 Å². The Hall–Kier alpha value is -3.20. The fourth-order valence-electron chi connectivity index (χ4n) is 4.80. The number of fused-ring (bicyclic) bond motifs is 1. The number of likely N-dealkylation sites (tertiary alicyclic amines) is 1. The van der Waals surface area contributed by atoms with E-state index in [4.69, 9.17) is 16.3 Å². The minimum atomic E-state index is -0.779. The molecule has 5 rings (SSSR count). The molecule has 176 valence electrons. The Kier molecular flexibility index (Phi) is 6.12. The molecule has 2 fully saturated rings. The number of benzene rings is 1. The van der Waals surface area contributed by atoms with E-state index in [2.05, 4.69) is 4.98 Å². The molecule has 0 radical (unpaired) electrons. The fraction of sp³-hybridized carbons (Fsp3) is 0.320. The van der Waals surface area contributed by atoms with Crippen LogP contribution in [-0.2, 0) is 14.3 Å². The van der Waals surface area contributed by atoms with Crippen LogP contribution in [0.2, 0.25) is 5.02 Å². The number of halogens is 1. The second-order valence-corrected chi connectivity index (χ2v) is 9.05. The average Bonchev–Trinajstić information content (AvgIpc) is 3.31. The summed E-state index contributed by atoms with van der Waals surface area (Å²) in [4.78, 5) is 33.7. The second kappa shape index (κ2) is 9.21. The van der Waals surface area contributed by atoms with Gasteiger partial charge in [-0.2, -0.15) is 0 Å². The fourth-order valence-corrected chi connectivity index (χ4v) is 4.92. The van der Waals surface area contributed by atoms with Crippen molar-refractivity contribution in [1.29, 1.82) is 0 Å². The number of hydrogen-bond donors (Lipinski definition) is 1. The highest BCUT2D eigenvalue weighted by atomic mass is 35.5. The summed E-state index contributed by atoms with van der Waals surface area (Å²) >= 11 is 6.09. The van der Waals surface area contributed by atoms with Gasteiger partial charge in [0.25, 0.3) is 5.91 Å². The van der Waals surface area contributed by atoms with E-state index < -0.39 is 23.5 Å². The van der Waals surface area contributed by atoms with Crippen LogP contribution < -0.4 is 10.0 Å². The van der Waals surface area contributed by atoms with Crippen LogP contribution in [0.3, 0.4) is 0 Å². The molecule has 8 nitrogen and oxygen atoms in total. The molecule has 4 heterocycles. The molecular weight excluding hydrogens is 456 g/mol. The second-order valence-electron chi connectivity index (χ2n) is 8.61. The van der Waals surface area contributed by atoms with Crippen LogP contribution in [-0.4, -0.2) is 65.4 Å². The number of rotatable bonds is 5. The number of imidazole rings is 1. The van der Waals surface area contributed by atoms with E-state index in [1.54, 1.807) is 53.9 Å². The minimum Gasteiger partial charge on any atom is -0.871 e. The molecule has 34 heavy (non-hydrogen) atoms. The molecule has 0 saturated carbocycles. The number of aryl methyl sites for hydroxylation is 1. The van der Waals surface area contributed by atoms with Gasteiger partial charge >= 0.3 is 0 Å². The molecule has 2 aliphatic rings. The van der Waals surface area contributed by atoms with Crippen LogP contribution in [0, 0.1) is 6.92 Å². The molecule has 1 N–H and O–H groups in total. The van der Waals surface area contributed by atoms with Gasteiger partial charge in [-0.25, -0.2) is 4.98 Å². The topological polar surface area (TPSA) is 91.4 Å². The van der Waals surface area contributed by atoms with Crippen LogP contribution >= 0.6 is 11.6 Å². The van der Waals surface area contributed by atoms with Gasteiger partial charge in [-0.05, 0) is 36.8 Å². The maximum atomic E-state index is 13.9. The average molecular weight is 481 g/mol. The van der Waals surface area contributed by atoms with E-state index in [9.17, 15) is 14.7 Å². The number of aromatic nitrogens is 2. The molecular formula is C25H25ClN4O4. The quantitative estimate of drug-likeness (QED) is 0.325. The Morgan fingerprint density at radius 2 is 1.91 bits per heavy atom. The van der Waals surface area contributed by atoms with Crippen LogP contribution in [0.5, 0.6) is 0 Å². The monoisotopic (exact) mass is 480 g/mol. The summed E-state index contributed by atoms with van der Waals surface area (Å²) in [5, 5.41) is 14.4. The van der Waals surface area contributed by atoms with E-state index in [0.717, 1.165) is 13.1 Å². The number of nitrogens with zero attached hydrogens (tertiary/aromatic N) is 3. The first-order valence-electron chi connectivity index (χ1n) is 11.3. The third-order valence-corrected chi connectivity index (χ3v) is 6.79. The van der Waals surface area contributed by atoms with Gasteiger partial charge < -0.3 is 24.0 Å². The van der Waals surface area contributed by atoms with Gasteiger partial charge in [-0.15, -0.1) is 0 Å². The molecule has 2 aromatic heterocycles. The van der Waals surface area contributed by atoms with Crippen molar-refractivity contribution in [3.63, 3.8) is 0 Å². The summed E-state index contributed by atoms with van der Waals surface area (Å²) in [6.07, 6.45) is 1.74. The SMILES string of the molecule is Cc1nc2ccccn2c1/C([O-])=C1\C(=O)C(=O)N(CC[NH+]2CCOCC2)C1c1ccc(Cl)cc1. The lowest BCUT2D eigenvalue weighted by Gasteiger charge is -2.30. The summed E-state index contributed by atoms with van der Waals surface area (Å²) in [6.45, 7) is 5.80. The van der Waals surface area contributed by atoms with Gasteiger partial charge in [0.1, 0.15) is 18.7 Å². The van der Waals surface area contributed by atoms with Crippen LogP contribution in [0.25, 0.3) is 11.4 Å². The zero-order valence-electron chi connectivity index (χ0n) is 18.8. The lowest BCUT2D eigenvalue weighted by molar-refractivity contribution is -0.907. The number of ketones is 1. The number of amides is 1. The highest BCUT2D eigenvalue weighted by Gasteiger charge is 2.44. The molecule has 1 atom stereocenters.